The van der Waals surface area contributed by atoms with Gasteiger partial charge in [0.1, 0.15) is 11.5 Å². The topological polar surface area (TPSA) is 12.5 Å². The fourth-order valence-corrected chi connectivity index (χ4v) is 5.00. The molecule has 0 aliphatic rings. The van der Waals surface area contributed by atoms with Crippen LogP contribution in [0.2, 0.25) is 0 Å². The van der Waals surface area contributed by atoms with E-state index in [4.69, 9.17) is 34.9 Å². The molecule has 0 N–H and O–H groups in total. The zero-order valence-corrected chi connectivity index (χ0v) is 27.0. The maximum atomic E-state index is 9.53. The molecule has 2 heteroatoms. The standard InChI is InChI=1S/C52H37NO/c1-4-13-38(14-5-1)41-23-27-45(28-24-41)53(46-29-25-42(26-30-46)39-15-6-2-7-16-39)47-31-33-48(34-32-47)54-52-36-35-49(50-21-10-11-22-51(50)52)44-20-12-19-43(37-44)40-17-8-3-9-18-40/h1-37H/i1D,2D,3D,4D,5D,6D,7D,8D,9D,10D,11D,12D,13D,14D,15D,16D,17D,18D,19D,20D,21D,22D,23D,24D,25D,26D,27D,28D,29D,30D,31D,32D,33D,35D,37D. The molecule has 9 aromatic carbocycles. The molecule has 54 heavy (non-hydrogen) atoms. The summed E-state index contributed by atoms with van der Waals surface area (Å²) in [4.78, 5) is 0.339. The predicted molar refractivity (Wildman–Crippen MR) is 227 cm³/mol. The summed E-state index contributed by atoms with van der Waals surface area (Å²) >= 11 is 0. The largest absolute Gasteiger partial charge is 0.457 e. The lowest BCUT2D eigenvalue weighted by Crippen LogP contribution is -2.09. The highest BCUT2D eigenvalue weighted by atomic mass is 16.5. The number of ether oxygens (including phenoxy) is 1. The molecule has 256 valence electrons. The molecule has 0 bridgehead atoms. The lowest BCUT2D eigenvalue weighted by Gasteiger charge is -2.26. The van der Waals surface area contributed by atoms with Crippen LogP contribution in [0.15, 0.2) is 224 Å². The van der Waals surface area contributed by atoms with Gasteiger partial charge < -0.3 is 9.64 Å². The second-order valence-corrected chi connectivity index (χ2v) is 10.7. The van der Waals surface area contributed by atoms with Crippen molar-refractivity contribution >= 4 is 27.8 Å². The van der Waals surface area contributed by atoms with Gasteiger partial charge in [-0.2, -0.15) is 0 Å². The molecule has 0 radical (unpaired) electrons. The molecule has 0 aromatic heterocycles. The highest BCUT2D eigenvalue weighted by molar-refractivity contribution is 6.00. The van der Waals surface area contributed by atoms with Crippen LogP contribution in [0.25, 0.3) is 55.3 Å². The maximum Gasteiger partial charge on any atom is 0.135 e. The summed E-state index contributed by atoms with van der Waals surface area (Å²) in [6.07, 6.45) is 0. The molecule has 0 saturated heterocycles. The van der Waals surface area contributed by atoms with E-state index < -0.39 is 295 Å². The Balaban J connectivity index is 1.34. The first kappa shape index (κ1) is 12.2. The van der Waals surface area contributed by atoms with Crippen molar-refractivity contribution in [2.24, 2.45) is 0 Å². The normalized spacial score (nSPS) is 20.0. The Morgan fingerprint density at radius 2 is 0.778 bits per heavy atom. The van der Waals surface area contributed by atoms with Crippen LogP contribution in [0.1, 0.15) is 48.0 Å². The summed E-state index contributed by atoms with van der Waals surface area (Å²) in [5.41, 5.74) is -9.84. The van der Waals surface area contributed by atoms with Gasteiger partial charge in [0.15, 0.2) is 0 Å². The molecule has 0 unspecified atom stereocenters. The number of hydrogen-bond acceptors (Lipinski definition) is 2. The summed E-state index contributed by atoms with van der Waals surface area (Å²) < 4.78 is 315. The molecule has 0 heterocycles. The molecule has 0 saturated carbocycles. The van der Waals surface area contributed by atoms with Crippen LogP contribution < -0.4 is 9.64 Å². The first-order valence-corrected chi connectivity index (χ1v) is 15.5. The van der Waals surface area contributed by atoms with Crippen molar-refractivity contribution in [3.8, 4) is 56.0 Å². The molecular formula is C52H37NO. The Morgan fingerprint density at radius 1 is 0.333 bits per heavy atom. The molecule has 0 aliphatic heterocycles. The minimum atomic E-state index is -1.25. The number of rotatable bonds is 9. The predicted octanol–water partition coefficient (Wildman–Crippen LogP) is 14.8. The third-order valence-electron chi connectivity index (χ3n) is 7.41. The van der Waals surface area contributed by atoms with Gasteiger partial charge in [0, 0.05) is 22.4 Å². The quantitative estimate of drug-likeness (QED) is 0.147. The van der Waals surface area contributed by atoms with Crippen molar-refractivity contribution in [2.75, 3.05) is 4.90 Å². The van der Waals surface area contributed by atoms with E-state index in [0.717, 1.165) is 6.07 Å². The van der Waals surface area contributed by atoms with E-state index in [9.17, 15) is 17.8 Å². The molecule has 0 spiro atoms. The van der Waals surface area contributed by atoms with Gasteiger partial charge in [-0.3, -0.25) is 0 Å². The Morgan fingerprint density at radius 3 is 1.37 bits per heavy atom. The summed E-state index contributed by atoms with van der Waals surface area (Å²) in [5, 5.41) is -1.41. The summed E-state index contributed by atoms with van der Waals surface area (Å²) in [7, 11) is 0. The highest BCUT2D eigenvalue weighted by Crippen LogP contribution is 2.40. The Hall–Kier alpha value is -7.16. The number of nitrogens with zero attached hydrogens (tertiary/aromatic N) is 1. The van der Waals surface area contributed by atoms with Crippen molar-refractivity contribution < 1.29 is 52.7 Å². The van der Waals surface area contributed by atoms with Crippen LogP contribution in [0.5, 0.6) is 11.5 Å². The van der Waals surface area contributed by atoms with Gasteiger partial charge in [-0.05, 0) is 110 Å². The Bertz CT molecular complexity index is 4430. The molecule has 0 atom stereocenters. The maximum absolute atomic E-state index is 9.53. The van der Waals surface area contributed by atoms with Crippen LogP contribution in [-0.4, -0.2) is 0 Å². The second kappa shape index (κ2) is 14.8. The number of hydrogen-bond donors (Lipinski definition) is 0. The number of fused-ring (bicyclic) bond motifs is 1. The minimum absolute atomic E-state index is 0.339. The first-order chi connectivity index (χ1) is 41.3. The van der Waals surface area contributed by atoms with Crippen LogP contribution in [0.3, 0.4) is 0 Å². The number of anilines is 3. The van der Waals surface area contributed by atoms with Crippen LogP contribution in [0.4, 0.5) is 17.1 Å². The zero-order valence-electron chi connectivity index (χ0n) is 62.0. The van der Waals surface area contributed by atoms with Gasteiger partial charge in [0.2, 0.25) is 0 Å². The molecule has 9 rings (SSSR count). The van der Waals surface area contributed by atoms with Crippen molar-refractivity contribution in [1.82, 2.24) is 0 Å². The third-order valence-corrected chi connectivity index (χ3v) is 7.41. The zero-order chi connectivity index (χ0) is 66.6. The molecule has 2 nitrogen and oxygen atoms in total. The van der Waals surface area contributed by atoms with E-state index >= 15 is 0 Å². The minimum Gasteiger partial charge on any atom is -0.457 e. The third kappa shape index (κ3) is 6.77. The van der Waals surface area contributed by atoms with E-state index in [2.05, 4.69) is 0 Å². The second-order valence-electron chi connectivity index (χ2n) is 10.7. The molecule has 0 fully saturated rings. The molecule has 0 amide bonds. The Kier molecular flexibility index (Phi) is 3.35. The average molecular weight is 727 g/mol. The summed E-state index contributed by atoms with van der Waals surface area (Å²) in [5.74, 6) is -1.66. The van der Waals surface area contributed by atoms with Crippen LogP contribution >= 0.6 is 0 Å². The highest BCUT2D eigenvalue weighted by Gasteiger charge is 2.15. The van der Waals surface area contributed by atoms with Crippen LogP contribution in [-0.2, 0) is 0 Å². The van der Waals surface area contributed by atoms with E-state index in [1.54, 1.807) is 0 Å². The fourth-order valence-electron chi connectivity index (χ4n) is 5.00. The molecule has 0 aliphatic carbocycles. The monoisotopic (exact) mass is 727 g/mol. The first-order valence-electron chi connectivity index (χ1n) is 33.0. The molecular weight excluding hydrogens is 655 g/mol. The lowest BCUT2D eigenvalue weighted by molar-refractivity contribution is 0.488. The smallest absolute Gasteiger partial charge is 0.135 e. The van der Waals surface area contributed by atoms with Crippen molar-refractivity contribution in [2.45, 2.75) is 0 Å². The van der Waals surface area contributed by atoms with Gasteiger partial charge in [0.05, 0.1) is 48.0 Å². The Labute approximate surface area is 366 Å². The van der Waals surface area contributed by atoms with Gasteiger partial charge in [-0.1, -0.05) is 163 Å². The average Bonchev–Trinajstić information content (AvgIpc) is 0.757. The van der Waals surface area contributed by atoms with E-state index in [1.165, 1.54) is 0 Å². The van der Waals surface area contributed by atoms with Gasteiger partial charge in [0.25, 0.3) is 0 Å². The summed E-state index contributed by atoms with van der Waals surface area (Å²) in [6, 6.07) is -34.6. The molecule has 9 aromatic rings. The van der Waals surface area contributed by atoms with Gasteiger partial charge >= 0.3 is 0 Å². The van der Waals surface area contributed by atoms with Crippen molar-refractivity contribution in [1.29, 1.82) is 0 Å². The van der Waals surface area contributed by atoms with Gasteiger partial charge in [-0.15, -0.1) is 0 Å². The number of benzene rings is 9. The van der Waals surface area contributed by atoms with Gasteiger partial charge in [-0.25, -0.2) is 0 Å². The van der Waals surface area contributed by atoms with E-state index in [-0.39, 0.29) is 0 Å². The van der Waals surface area contributed by atoms with E-state index in [1.807, 2.05) is 0 Å². The lowest BCUT2D eigenvalue weighted by atomic mass is 9.95. The van der Waals surface area contributed by atoms with Crippen LogP contribution in [0, 0.1) is 0 Å². The van der Waals surface area contributed by atoms with Crippen molar-refractivity contribution in [3.05, 3.63) is 224 Å². The fraction of sp³-hybridized carbons (Fsp3) is 0. The van der Waals surface area contributed by atoms with Crippen molar-refractivity contribution in [3.63, 3.8) is 0 Å². The SMILES string of the molecule is [2H]c1cc(Oc2cc([2H])c(-c3c([2H])c([2H])c([2H])c(-c4c([2H])c([2H])c([2H])c([2H])c4[2H])c3[2H])c3c([2H])c([2H])c([2H])c([2H])c23)c([2H])c([2H])c1N(c1c([2H])c([2H])c(-c2c([2H])c([2H])c([2H])c([2H])c2[2H])c([2H])c1[2H])c1c([2H])c([2H])c(-c2c([2H])c([2H])c([2H])c([2H])c2[2H])c([2H])c1[2H]. The van der Waals surface area contributed by atoms with E-state index in [0.29, 0.717) is 11.0 Å². The summed E-state index contributed by atoms with van der Waals surface area (Å²) in [6.45, 7) is 0.